The molecular weight excluding hydrogens is 396 g/mol. The molecule has 1 aromatic heterocycles. The number of aromatic nitrogens is 2. The number of anilines is 5. The molecule has 6 heteroatoms. The highest BCUT2D eigenvalue weighted by atomic mass is 15.3. The molecule has 168 valence electrons. The maximum Gasteiger partial charge on any atom is 0.229 e. The van der Waals surface area contributed by atoms with Crippen LogP contribution in [0.5, 0.6) is 0 Å². The normalized spacial score (nSPS) is 15.0. The van der Waals surface area contributed by atoms with Crippen molar-refractivity contribution in [2.45, 2.75) is 33.2 Å². The van der Waals surface area contributed by atoms with Crippen LogP contribution in [0.3, 0.4) is 0 Å². The van der Waals surface area contributed by atoms with Crippen LogP contribution in [0.25, 0.3) is 0 Å². The Labute approximate surface area is 191 Å². The van der Waals surface area contributed by atoms with Crippen molar-refractivity contribution in [3.63, 3.8) is 0 Å². The van der Waals surface area contributed by atoms with Gasteiger partial charge in [-0.05, 0) is 71.1 Å². The SMILES string of the molecule is Cc1cnc(Nc2ccc(N3CCN(C)CC3)cc2)nc1N(c1ccccc1)C(C)(C)C. The minimum atomic E-state index is -0.137. The second kappa shape index (κ2) is 9.17. The van der Waals surface area contributed by atoms with Crippen LogP contribution in [0.1, 0.15) is 26.3 Å². The van der Waals surface area contributed by atoms with Crippen LogP contribution in [-0.2, 0) is 0 Å². The monoisotopic (exact) mass is 430 g/mol. The number of benzene rings is 2. The van der Waals surface area contributed by atoms with Crippen LogP contribution in [0.2, 0.25) is 0 Å². The second-order valence-corrected chi connectivity index (χ2v) is 9.50. The fourth-order valence-electron chi connectivity index (χ4n) is 4.07. The van der Waals surface area contributed by atoms with Crippen molar-refractivity contribution in [2.24, 2.45) is 0 Å². The first-order chi connectivity index (χ1) is 15.3. The number of nitrogens with one attached hydrogen (secondary N) is 1. The van der Waals surface area contributed by atoms with Crippen molar-refractivity contribution < 1.29 is 0 Å². The first-order valence-corrected chi connectivity index (χ1v) is 11.3. The van der Waals surface area contributed by atoms with Gasteiger partial charge in [-0.3, -0.25) is 0 Å². The van der Waals surface area contributed by atoms with E-state index in [4.69, 9.17) is 4.98 Å². The third-order valence-corrected chi connectivity index (χ3v) is 5.83. The van der Waals surface area contributed by atoms with Crippen molar-refractivity contribution in [2.75, 3.05) is 48.3 Å². The van der Waals surface area contributed by atoms with Crippen molar-refractivity contribution in [1.82, 2.24) is 14.9 Å². The molecule has 0 saturated carbocycles. The fraction of sp³-hybridized carbons (Fsp3) is 0.385. The first-order valence-electron chi connectivity index (χ1n) is 11.3. The van der Waals surface area contributed by atoms with Gasteiger partial charge in [0.2, 0.25) is 5.95 Å². The first kappa shape index (κ1) is 22.1. The van der Waals surface area contributed by atoms with Gasteiger partial charge in [-0.2, -0.15) is 4.98 Å². The minimum absolute atomic E-state index is 0.137. The summed E-state index contributed by atoms with van der Waals surface area (Å²) in [5.74, 6) is 1.51. The summed E-state index contributed by atoms with van der Waals surface area (Å²) in [5, 5.41) is 3.39. The predicted molar refractivity (Wildman–Crippen MR) is 135 cm³/mol. The number of rotatable bonds is 5. The molecule has 6 nitrogen and oxygen atoms in total. The second-order valence-electron chi connectivity index (χ2n) is 9.50. The number of nitrogens with zero attached hydrogens (tertiary/aromatic N) is 5. The van der Waals surface area contributed by atoms with Crippen molar-refractivity contribution in [3.8, 4) is 0 Å². The molecule has 2 heterocycles. The van der Waals surface area contributed by atoms with E-state index in [0.717, 1.165) is 48.9 Å². The Morgan fingerprint density at radius 1 is 0.906 bits per heavy atom. The highest BCUT2D eigenvalue weighted by Gasteiger charge is 2.26. The van der Waals surface area contributed by atoms with Gasteiger partial charge in [-0.25, -0.2) is 4.98 Å². The van der Waals surface area contributed by atoms with Gasteiger partial charge in [0.1, 0.15) is 5.82 Å². The maximum absolute atomic E-state index is 4.92. The Bertz CT molecular complexity index is 1020. The standard InChI is InChI=1S/C26H34N6/c1-20-19-27-25(29-24(20)32(26(2,3)4)23-9-7-6-8-10-23)28-21-11-13-22(14-12-21)31-17-15-30(5)16-18-31/h6-14,19H,15-18H2,1-5H3,(H,27,28,29). The molecule has 32 heavy (non-hydrogen) atoms. The highest BCUT2D eigenvalue weighted by Crippen LogP contribution is 2.34. The average Bonchev–Trinajstić information content (AvgIpc) is 2.77. The molecule has 1 fully saturated rings. The van der Waals surface area contributed by atoms with E-state index in [1.165, 1.54) is 5.69 Å². The molecular formula is C26H34N6. The summed E-state index contributed by atoms with van der Waals surface area (Å²) < 4.78 is 0. The van der Waals surface area contributed by atoms with Gasteiger partial charge in [-0.15, -0.1) is 0 Å². The molecule has 2 aromatic carbocycles. The third-order valence-electron chi connectivity index (χ3n) is 5.83. The van der Waals surface area contributed by atoms with Crippen LogP contribution in [-0.4, -0.2) is 53.6 Å². The summed E-state index contributed by atoms with van der Waals surface area (Å²) in [7, 11) is 2.18. The molecule has 0 unspecified atom stereocenters. The lowest BCUT2D eigenvalue weighted by Gasteiger charge is -2.37. The smallest absolute Gasteiger partial charge is 0.229 e. The van der Waals surface area contributed by atoms with E-state index in [1.807, 2.05) is 12.3 Å². The zero-order valence-electron chi connectivity index (χ0n) is 19.8. The molecule has 0 aliphatic carbocycles. The number of likely N-dealkylation sites (N-methyl/N-ethyl adjacent to an activating group) is 1. The van der Waals surface area contributed by atoms with Crippen LogP contribution in [0, 0.1) is 6.92 Å². The topological polar surface area (TPSA) is 47.5 Å². The van der Waals surface area contributed by atoms with E-state index in [9.17, 15) is 0 Å². The van der Waals surface area contributed by atoms with E-state index >= 15 is 0 Å². The van der Waals surface area contributed by atoms with Gasteiger partial charge in [0, 0.05) is 60.5 Å². The lowest BCUT2D eigenvalue weighted by molar-refractivity contribution is 0.313. The van der Waals surface area contributed by atoms with Gasteiger partial charge in [0.25, 0.3) is 0 Å². The molecule has 0 radical (unpaired) electrons. The predicted octanol–water partition coefficient (Wildman–Crippen LogP) is 5.22. The zero-order chi connectivity index (χ0) is 22.7. The Morgan fingerprint density at radius 2 is 1.56 bits per heavy atom. The maximum atomic E-state index is 4.92. The van der Waals surface area contributed by atoms with Gasteiger partial charge < -0.3 is 20.0 Å². The van der Waals surface area contributed by atoms with Crippen molar-refractivity contribution >= 4 is 28.8 Å². The number of piperazine rings is 1. The number of hydrogen-bond acceptors (Lipinski definition) is 6. The van der Waals surface area contributed by atoms with E-state index < -0.39 is 0 Å². The lowest BCUT2D eigenvalue weighted by Crippen LogP contribution is -2.44. The van der Waals surface area contributed by atoms with Crippen LogP contribution in [0.4, 0.5) is 28.8 Å². The van der Waals surface area contributed by atoms with Crippen LogP contribution >= 0.6 is 0 Å². The zero-order valence-corrected chi connectivity index (χ0v) is 19.8. The summed E-state index contributed by atoms with van der Waals surface area (Å²) >= 11 is 0. The number of para-hydroxylation sites is 1. The van der Waals surface area contributed by atoms with Gasteiger partial charge in [0.15, 0.2) is 0 Å². The molecule has 1 aliphatic heterocycles. The van der Waals surface area contributed by atoms with Crippen molar-refractivity contribution in [3.05, 3.63) is 66.4 Å². The summed E-state index contributed by atoms with van der Waals surface area (Å²) in [6.07, 6.45) is 1.89. The summed E-state index contributed by atoms with van der Waals surface area (Å²) in [5.41, 5.74) is 4.27. The summed E-state index contributed by atoms with van der Waals surface area (Å²) in [6.45, 7) is 13.0. The molecule has 1 aliphatic rings. The third kappa shape index (κ3) is 5.02. The average molecular weight is 431 g/mol. The number of aryl methyl sites for hydroxylation is 1. The Morgan fingerprint density at radius 3 is 2.19 bits per heavy atom. The fourth-order valence-corrected chi connectivity index (χ4v) is 4.07. The van der Waals surface area contributed by atoms with E-state index in [-0.39, 0.29) is 5.54 Å². The van der Waals surface area contributed by atoms with E-state index in [0.29, 0.717) is 5.95 Å². The Hall–Kier alpha value is -3.12. The molecule has 0 atom stereocenters. The van der Waals surface area contributed by atoms with Crippen LogP contribution < -0.4 is 15.1 Å². The Kier molecular flexibility index (Phi) is 6.33. The molecule has 1 N–H and O–H groups in total. The van der Waals surface area contributed by atoms with E-state index in [2.05, 4.69) is 108 Å². The number of hydrogen-bond donors (Lipinski definition) is 1. The molecule has 1 saturated heterocycles. The van der Waals surface area contributed by atoms with Crippen LogP contribution in [0.15, 0.2) is 60.8 Å². The quantitative estimate of drug-likeness (QED) is 0.599. The molecule has 0 amide bonds. The van der Waals surface area contributed by atoms with E-state index in [1.54, 1.807) is 0 Å². The lowest BCUT2D eigenvalue weighted by atomic mass is 10.0. The van der Waals surface area contributed by atoms with Crippen molar-refractivity contribution in [1.29, 1.82) is 0 Å². The molecule has 4 rings (SSSR count). The van der Waals surface area contributed by atoms with Gasteiger partial charge in [0.05, 0.1) is 0 Å². The van der Waals surface area contributed by atoms with Gasteiger partial charge >= 0.3 is 0 Å². The molecule has 0 spiro atoms. The molecule has 0 bridgehead atoms. The minimum Gasteiger partial charge on any atom is -0.369 e. The Balaban J connectivity index is 1.56. The molecule has 3 aromatic rings. The summed E-state index contributed by atoms with van der Waals surface area (Å²) in [4.78, 5) is 16.5. The largest absolute Gasteiger partial charge is 0.369 e. The van der Waals surface area contributed by atoms with Gasteiger partial charge in [-0.1, -0.05) is 18.2 Å². The highest BCUT2D eigenvalue weighted by molar-refractivity contribution is 5.67. The summed E-state index contributed by atoms with van der Waals surface area (Å²) in [6, 6.07) is 19.0.